The van der Waals surface area contributed by atoms with Crippen LogP contribution in [0, 0.1) is 11.3 Å². The van der Waals surface area contributed by atoms with Gasteiger partial charge in [0.05, 0.1) is 19.8 Å². The number of likely N-dealkylation sites (N-methyl/N-ethyl adjacent to an activating group) is 1. The van der Waals surface area contributed by atoms with E-state index in [1.807, 2.05) is 49.5 Å². The summed E-state index contributed by atoms with van der Waals surface area (Å²) in [5, 5.41) is 3.88. The molecule has 2 aromatic carbocycles. The van der Waals surface area contributed by atoms with E-state index in [9.17, 15) is 0 Å². The second-order valence-electron chi connectivity index (χ2n) is 9.73. The van der Waals surface area contributed by atoms with Gasteiger partial charge in [-0.3, -0.25) is 0 Å². The lowest BCUT2D eigenvalue weighted by atomic mass is 9.84. The zero-order chi connectivity index (χ0) is 23.7. The summed E-state index contributed by atoms with van der Waals surface area (Å²) in [4.78, 5) is 2.17. The van der Waals surface area contributed by atoms with Crippen LogP contribution in [0.25, 0.3) is 0 Å². The summed E-state index contributed by atoms with van der Waals surface area (Å²) in [7, 11) is 3.70. The van der Waals surface area contributed by atoms with Gasteiger partial charge in [-0.25, -0.2) is 0 Å². The molecule has 0 fully saturated rings. The summed E-state index contributed by atoms with van der Waals surface area (Å²) in [6.07, 6.45) is 2.16. The summed E-state index contributed by atoms with van der Waals surface area (Å²) >= 11 is 0. The van der Waals surface area contributed by atoms with E-state index in [2.05, 4.69) is 44.6 Å². The van der Waals surface area contributed by atoms with Crippen molar-refractivity contribution < 1.29 is 19.7 Å². The minimum atomic E-state index is 0.150. The molecule has 0 heterocycles. The van der Waals surface area contributed by atoms with E-state index >= 15 is 0 Å². The first-order valence-corrected chi connectivity index (χ1v) is 11.3. The second kappa shape index (κ2) is 11.7. The smallest absolute Gasteiger partial charge is 0.171 e. The van der Waals surface area contributed by atoms with Gasteiger partial charge in [0, 0.05) is 18.8 Å². The number of benzene rings is 2. The number of methoxy groups -OCH3 is 1. The predicted molar refractivity (Wildman–Crippen MR) is 130 cm³/mol. The highest BCUT2D eigenvalue weighted by Crippen LogP contribution is 2.33. The van der Waals surface area contributed by atoms with Gasteiger partial charge in [0.15, 0.2) is 11.4 Å². The molecule has 176 valence electrons. The summed E-state index contributed by atoms with van der Waals surface area (Å²) in [6.45, 7) is 12.4. The molecule has 2 atom stereocenters. The van der Waals surface area contributed by atoms with E-state index in [0.29, 0.717) is 36.0 Å². The van der Waals surface area contributed by atoms with Crippen molar-refractivity contribution >= 4 is 11.4 Å². The Bertz CT molecular complexity index is 846. The van der Waals surface area contributed by atoms with Gasteiger partial charge in [-0.2, -0.15) is 5.53 Å². The normalized spacial score (nSPS) is 13.2. The van der Waals surface area contributed by atoms with Crippen LogP contribution in [-0.4, -0.2) is 33.4 Å². The van der Waals surface area contributed by atoms with E-state index in [-0.39, 0.29) is 6.04 Å². The Hall–Kier alpha value is -2.76. The van der Waals surface area contributed by atoms with Crippen LogP contribution in [0.1, 0.15) is 47.5 Å². The van der Waals surface area contributed by atoms with Crippen molar-refractivity contribution in [3.63, 3.8) is 0 Å². The number of rotatable bonds is 12. The topological polar surface area (TPSA) is 68.9 Å². The fraction of sp³-hybridized carbons (Fsp3) is 0.538. The van der Waals surface area contributed by atoms with E-state index in [1.54, 1.807) is 7.11 Å². The second-order valence-corrected chi connectivity index (χ2v) is 9.73. The maximum absolute atomic E-state index is 6.09. The van der Waals surface area contributed by atoms with Gasteiger partial charge >= 0.3 is 0 Å². The number of nitrogens with zero attached hydrogens (tertiary/aromatic N) is 2. The average Bonchev–Trinajstić information content (AvgIpc) is 2.76. The highest BCUT2D eigenvalue weighted by atomic mass is 16.5. The third-order valence-electron chi connectivity index (χ3n) is 5.53. The van der Waals surface area contributed by atoms with Crippen LogP contribution in [0.2, 0.25) is 0 Å². The molecule has 0 saturated carbocycles. The zero-order valence-corrected chi connectivity index (χ0v) is 20.7. The Kier molecular flexibility index (Phi) is 9.36. The van der Waals surface area contributed by atoms with Crippen molar-refractivity contribution in [1.29, 1.82) is 0 Å². The van der Waals surface area contributed by atoms with Crippen LogP contribution in [0.5, 0.6) is 17.2 Å². The van der Waals surface area contributed by atoms with Crippen molar-refractivity contribution in [3.05, 3.63) is 42.5 Å². The highest BCUT2D eigenvalue weighted by molar-refractivity contribution is 5.61. The van der Waals surface area contributed by atoms with Crippen LogP contribution >= 0.6 is 0 Å². The third kappa shape index (κ3) is 8.06. The maximum atomic E-state index is 6.09. The Balaban J connectivity index is 1.96. The van der Waals surface area contributed by atoms with Gasteiger partial charge in [0.25, 0.3) is 0 Å². The Morgan fingerprint density at radius 1 is 1.00 bits per heavy atom. The van der Waals surface area contributed by atoms with Gasteiger partial charge in [-0.05, 0) is 72.6 Å². The molecule has 6 heteroatoms. The maximum Gasteiger partial charge on any atom is 0.171 e. The van der Waals surface area contributed by atoms with Gasteiger partial charge < -0.3 is 19.1 Å². The molecule has 2 aromatic rings. The molecule has 2 unspecified atom stereocenters. The molecule has 32 heavy (non-hydrogen) atoms. The fourth-order valence-electron chi connectivity index (χ4n) is 3.72. The number of anilines is 1. The summed E-state index contributed by atoms with van der Waals surface area (Å²) in [5.41, 5.74) is 7.60. The first-order valence-electron chi connectivity index (χ1n) is 11.3. The van der Waals surface area contributed by atoms with Crippen LogP contribution in [0.4, 0.5) is 11.4 Å². The Morgan fingerprint density at radius 3 is 2.25 bits per heavy atom. The number of hydrogen-bond acceptors (Lipinski definition) is 5. The molecule has 0 aliphatic rings. The molecule has 0 amide bonds. The Morgan fingerprint density at radius 2 is 1.66 bits per heavy atom. The van der Waals surface area contributed by atoms with Gasteiger partial charge in [-0.15, -0.1) is 0 Å². The summed E-state index contributed by atoms with van der Waals surface area (Å²) < 4.78 is 17.2. The summed E-state index contributed by atoms with van der Waals surface area (Å²) in [6, 6.07) is 13.7. The molecule has 2 rings (SSSR count). The molecule has 0 spiro atoms. The van der Waals surface area contributed by atoms with Crippen molar-refractivity contribution in [1.82, 2.24) is 0 Å². The van der Waals surface area contributed by atoms with E-state index in [4.69, 9.17) is 19.7 Å². The SMILES string of the molecule is COc1ccc(OCC(C)N(C)c2ccc(N=[NH2+])c(OCCC(C)CC(C)(C)C)c2)cc1. The van der Waals surface area contributed by atoms with Crippen molar-refractivity contribution in [2.45, 2.75) is 53.5 Å². The molecule has 0 aromatic heterocycles. The predicted octanol–water partition coefficient (Wildman–Crippen LogP) is 5.28. The Labute approximate surface area is 193 Å². The zero-order valence-electron chi connectivity index (χ0n) is 20.7. The van der Waals surface area contributed by atoms with E-state index < -0.39 is 0 Å². The first-order chi connectivity index (χ1) is 15.1. The number of ether oxygens (including phenoxy) is 3. The molecule has 0 bridgehead atoms. The minimum absolute atomic E-state index is 0.150. The van der Waals surface area contributed by atoms with Crippen molar-refractivity contribution in [2.24, 2.45) is 16.4 Å². The quantitative estimate of drug-likeness (QED) is 0.454. The van der Waals surface area contributed by atoms with Gasteiger partial charge in [0.1, 0.15) is 18.1 Å². The molecule has 0 radical (unpaired) electrons. The van der Waals surface area contributed by atoms with Crippen LogP contribution in [0.15, 0.2) is 47.6 Å². The largest absolute Gasteiger partial charge is 0.497 e. The molecule has 0 saturated heterocycles. The lowest BCUT2D eigenvalue weighted by Gasteiger charge is -2.27. The lowest BCUT2D eigenvalue weighted by Crippen LogP contribution is -2.34. The highest BCUT2D eigenvalue weighted by Gasteiger charge is 2.17. The van der Waals surface area contributed by atoms with Crippen LogP contribution < -0.4 is 24.6 Å². The molecule has 2 N–H and O–H groups in total. The lowest BCUT2D eigenvalue weighted by molar-refractivity contribution is -0.210. The van der Waals surface area contributed by atoms with Crippen molar-refractivity contribution in [3.8, 4) is 17.2 Å². The molecule has 6 nitrogen and oxygen atoms in total. The van der Waals surface area contributed by atoms with Crippen LogP contribution in [0.3, 0.4) is 0 Å². The monoisotopic (exact) mass is 442 g/mol. The van der Waals surface area contributed by atoms with E-state index in [1.165, 1.54) is 6.42 Å². The van der Waals surface area contributed by atoms with E-state index in [0.717, 1.165) is 23.6 Å². The molecule has 0 aliphatic carbocycles. The van der Waals surface area contributed by atoms with Crippen LogP contribution in [-0.2, 0) is 0 Å². The fourth-order valence-corrected chi connectivity index (χ4v) is 3.72. The minimum Gasteiger partial charge on any atom is -0.497 e. The molecule has 0 aliphatic heterocycles. The third-order valence-corrected chi connectivity index (χ3v) is 5.53. The van der Waals surface area contributed by atoms with Gasteiger partial charge in [-0.1, -0.05) is 27.7 Å². The summed E-state index contributed by atoms with van der Waals surface area (Å²) in [5.74, 6) is 2.93. The molecular formula is C26H40N3O3+. The standard InChI is InChI=1S/C26H39N3O3/c1-19(17-26(3,4)5)14-15-31-25-16-21(8-13-24(25)28-27)29(6)20(2)18-32-23-11-9-22(30-7)10-12-23/h8-13,16,19-20,27H,14-15,17-18H2,1-7H3/p+1. The molecular weight excluding hydrogens is 402 g/mol. The van der Waals surface area contributed by atoms with Gasteiger partial charge in [0.2, 0.25) is 0 Å². The average molecular weight is 443 g/mol. The number of nitrogens with two attached hydrogens (primary N) is 1. The van der Waals surface area contributed by atoms with Crippen molar-refractivity contribution in [2.75, 3.05) is 32.3 Å². The number of hydrogen-bond donors (Lipinski definition) is 1. The first kappa shape index (κ1) is 25.5.